The standard InChI is InChI=1S/C21H18ClN3O3/c1-28-19-10-3-2-7-16(19)13-23-24-20(26)18-9-5-11-25(21(18)27)14-15-6-4-8-17(22)12-15/h2-13H,14H2,1H3,(H,24,26)/b23-13-. The van der Waals surface area contributed by atoms with E-state index in [1.807, 2.05) is 24.3 Å². The van der Waals surface area contributed by atoms with E-state index >= 15 is 0 Å². The van der Waals surface area contributed by atoms with Gasteiger partial charge in [0.15, 0.2) is 0 Å². The van der Waals surface area contributed by atoms with Crippen LogP contribution in [0.25, 0.3) is 0 Å². The lowest BCUT2D eigenvalue weighted by atomic mass is 10.2. The maximum Gasteiger partial charge on any atom is 0.276 e. The number of hydrazone groups is 1. The molecule has 0 aliphatic carbocycles. The Kier molecular flexibility index (Phi) is 6.24. The largest absolute Gasteiger partial charge is 0.496 e. The Morgan fingerprint density at radius 1 is 1.18 bits per heavy atom. The van der Waals surface area contributed by atoms with E-state index < -0.39 is 11.5 Å². The molecule has 142 valence electrons. The smallest absolute Gasteiger partial charge is 0.276 e. The van der Waals surface area contributed by atoms with E-state index in [1.54, 1.807) is 43.6 Å². The summed E-state index contributed by atoms with van der Waals surface area (Å²) >= 11 is 5.99. The van der Waals surface area contributed by atoms with Crippen molar-refractivity contribution in [2.45, 2.75) is 6.54 Å². The Morgan fingerprint density at radius 2 is 2.00 bits per heavy atom. The van der Waals surface area contributed by atoms with Gasteiger partial charge < -0.3 is 9.30 Å². The average Bonchev–Trinajstić information content (AvgIpc) is 2.70. The molecule has 1 amide bonds. The van der Waals surface area contributed by atoms with Crippen molar-refractivity contribution in [2.24, 2.45) is 5.10 Å². The summed E-state index contributed by atoms with van der Waals surface area (Å²) in [5, 5.41) is 4.51. The van der Waals surface area contributed by atoms with Crippen LogP contribution in [0.1, 0.15) is 21.5 Å². The van der Waals surface area contributed by atoms with E-state index in [1.165, 1.54) is 16.8 Å². The van der Waals surface area contributed by atoms with Crippen molar-refractivity contribution < 1.29 is 9.53 Å². The van der Waals surface area contributed by atoms with Crippen LogP contribution in [0.4, 0.5) is 0 Å². The highest BCUT2D eigenvalue weighted by atomic mass is 35.5. The summed E-state index contributed by atoms with van der Waals surface area (Å²) in [5.41, 5.74) is 3.54. The lowest BCUT2D eigenvalue weighted by Crippen LogP contribution is -2.30. The molecule has 7 heteroatoms. The number of rotatable bonds is 6. The number of carbonyl (C=O) groups excluding carboxylic acids is 1. The van der Waals surface area contributed by atoms with Crippen molar-refractivity contribution in [3.05, 3.63) is 98.9 Å². The lowest BCUT2D eigenvalue weighted by Gasteiger charge is -2.08. The first-order valence-electron chi connectivity index (χ1n) is 8.49. The highest BCUT2D eigenvalue weighted by Gasteiger charge is 2.12. The van der Waals surface area contributed by atoms with Gasteiger partial charge in [0.25, 0.3) is 11.5 Å². The molecule has 0 radical (unpaired) electrons. The zero-order chi connectivity index (χ0) is 19.9. The molecule has 28 heavy (non-hydrogen) atoms. The zero-order valence-electron chi connectivity index (χ0n) is 15.1. The van der Waals surface area contributed by atoms with Crippen LogP contribution in [0, 0.1) is 0 Å². The van der Waals surface area contributed by atoms with Crippen LogP contribution in [-0.2, 0) is 6.54 Å². The molecule has 0 aliphatic rings. The van der Waals surface area contributed by atoms with Crippen molar-refractivity contribution in [1.82, 2.24) is 9.99 Å². The number of benzene rings is 2. The SMILES string of the molecule is COc1ccccc1/C=N\NC(=O)c1cccn(Cc2cccc(Cl)c2)c1=O. The van der Waals surface area contributed by atoms with E-state index in [0.717, 1.165) is 5.56 Å². The number of para-hydroxylation sites is 1. The van der Waals surface area contributed by atoms with E-state index in [2.05, 4.69) is 10.5 Å². The Balaban J connectivity index is 1.75. The van der Waals surface area contributed by atoms with Gasteiger partial charge in [-0.3, -0.25) is 9.59 Å². The number of hydrogen-bond donors (Lipinski definition) is 1. The number of methoxy groups -OCH3 is 1. The first-order chi connectivity index (χ1) is 13.6. The summed E-state index contributed by atoms with van der Waals surface area (Å²) in [6.07, 6.45) is 3.09. The molecular formula is C21H18ClN3O3. The van der Waals surface area contributed by atoms with E-state index in [4.69, 9.17) is 16.3 Å². The predicted octanol–water partition coefficient (Wildman–Crippen LogP) is 3.32. The molecule has 0 aliphatic heterocycles. The van der Waals surface area contributed by atoms with Gasteiger partial charge in [-0.15, -0.1) is 0 Å². The number of carbonyl (C=O) groups is 1. The summed E-state index contributed by atoms with van der Waals surface area (Å²) in [6, 6.07) is 17.6. The highest BCUT2D eigenvalue weighted by Crippen LogP contribution is 2.14. The molecule has 2 aromatic carbocycles. The van der Waals surface area contributed by atoms with E-state index in [9.17, 15) is 9.59 Å². The van der Waals surface area contributed by atoms with E-state index in [-0.39, 0.29) is 5.56 Å². The Bertz CT molecular complexity index is 1080. The molecule has 3 rings (SSSR count). The van der Waals surface area contributed by atoms with Gasteiger partial charge in [-0.2, -0.15) is 5.10 Å². The second-order valence-corrected chi connectivity index (χ2v) is 6.36. The summed E-state index contributed by atoms with van der Waals surface area (Å²) < 4.78 is 6.67. The molecular weight excluding hydrogens is 378 g/mol. The van der Waals surface area contributed by atoms with Crippen LogP contribution in [0.5, 0.6) is 5.75 Å². The molecule has 0 saturated carbocycles. The fraction of sp³-hybridized carbons (Fsp3) is 0.0952. The van der Waals surface area contributed by atoms with Crippen molar-refractivity contribution in [3.63, 3.8) is 0 Å². The first kappa shape index (κ1) is 19.4. The van der Waals surface area contributed by atoms with Crippen LogP contribution in [-0.4, -0.2) is 23.8 Å². The fourth-order valence-electron chi connectivity index (χ4n) is 2.66. The van der Waals surface area contributed by atoms with Crippen molar-refractivity contribution in [1.29, 1.82) is 0 Å². The quantitative estimate of drug-likeness (QED) is 0.514. The van der Waals surface area contributed by atoms with Crippen molar-refractivity contribution >= 4 is 23.7 Å². The summed E-state index contributed by atoms with van der Waals surface area (Å²) in [5.74, 6) is 0.0423. The second kappa shape index (κ2) is 9.01. The number of hydrogen-bond acceptors (Lipinski definition) is 4. The van der Waals surface area contributed by atoms with Gasteiger partial charge in [-0.1, -0.05) is 35.9 Å². The van der Waals surface area contributed by atoms with Gasteiger partial charge >= 0.3 is 0 Å². The molecule has 1 heterocycles. The van der Waals surface area contributed by atoms with Crippen LogP contribution < -0.4 is 15.7 Å². The average molecular weight is 396 g/mol. The van der Waals surface area contributed by atoms with Gasteiger partial charge in [-0.25, -0.2) is 5.43 Å². The molecule has 0 unspecified atom stereocenters. The van der Waals surface area contributed by atoms with Crippen LogP contribution in [0.2, 0.25) is 5.02 Å². The predicted molar refractivity (Wildman–Crippen MR) is 109 cm³/mol. The van der Waals surface area contributed by atoms with Gasteiger partial charge in [-0.05, 0) is 42.0 Å². The highest BCUT2D eigenvalue weighted by molar-refractivity contribution is 6.30. The first-order valence-corrected chi connectivity index (χ1v) is 8.86. The third kappa shape index (κ3) is 4.66. The van der Waals surface area contributed by atoms with Gasteiger partial charge in [0.2, 0.25) is 0 Å². The number of nitrogens with one attached hydrogen (secondary N) is 1. The minimum atomic E-state index is -0.586. The maximum atomic E-state index is 12.6. The molecule has 0 bridgehead atoms. The minimum absolute atomic E-state index is 0.00158. The van der Waals surface area contributed by atoms with Crippen LogP contribution >= 0.6 is 11.6 Å². The second-order valence-electron chi connectivity index (χ2n) is 5.93. The molecule has 0 atom stereocenters. The Morgan fingerprint density at radius 3 is 2.79 bits per heavy atom. The summed E-state index contributed by atoms with van der Waals surface area (Å²) in [7, 11) is 1.55. The molecule has 0 spiro atoms. The monoisotopic (exact) mass is 395 g/mol. The molecule has 1 N–H and O–H groups in total. The number of ether oxygens (including phenoxy) is 1. The maximum absolute atomic E-state index is 12.6. The molecule has 6 nitrogen and oxygen atoms in total. The molecule has 3 aromatic rings. The van der Waals surface area contributed by atoms with Gasteiger partial charge in [0, 0.05) is 16.8 Å². The molecule has 0 saturated heterocycles. The number of aromatic nitrogens is 1. The molecule has 0 fully saturated rings. The van der Waals surface area contributed by atoms with Crippen molar-refractivity contribution in [2.75, 3.05) is 7.11 Å². The van der Waals surface area contributed by atoms with Crippen molar-refractivity contribution in [3.8, 4) is 5.75 Å². The number of amides is 1. The topological polar surface area (TPSA) is 72.7 Å². The van der Waals surface area contributed by atoms with E-state index in [0.29, 0.717) is 22.9 Å². The number of nitrogens with zero attached hydrogens (tertiary/aromatic N) is 2. The fourth-order valence-corrected chi connectivity index (χ4v) is 2.87. The minimum Gasteiger partial charge on any atom is -0.496 e. The summed E-state index contributed by atoms with van der Waals surface area (Å²) in [6.45, 7) is 0.311. The number of halogens is 1. The molecule has 1 aromatic heterocycles. The third-order valence-electron chi connectivity index (χ3n) is 4.02. The van der Waals surface area contributed by atoms with Gasteiger partial charge in [0.05, 0.1) is 19.9 Å². The van der Waals surface area contributed by atoms with Crippen LogP contribution in [0.15, 0.2) is 76.8 Å². The van der Waals surface area contributed by atoms with Crippen LogP contribution in [0.3, 0.4) is 0 Å². The van der Waals surface area contributed by atoms with Gasteiger partial charge in [0.1, 0.15) is 11.3 Å². The third-order valence-corrected chi connectivity index (χ3v) is 4.25. The zero-order valence-corrected chi connectivity index (χ0v) is 15.9. The Labute approximate surface area is 167 Å². The summed E-state index contributed by atoms with van der Waals surface area (Å²) in [4.78, 5) is 25.0. The Hall–Kier alpha value is -3.38. The normalized spacial score (nSPS) is 10.8. The lowest BCUT2D eigenvalue weighted by molar-refractivity contribution is 0.0953. The number of pyridine rings is 1.